The smallest absolute Gasteiger partial charge is 0.303 e. The van der Waals surface area contributed by atoms with Crippen LogP contribution in [0.1, 0.15) is 17.5 Å². The molecule has 1 N–H and O–H groups in total. The Morgan fingerprint density at radius 1 is 1.20 bits per heavy atom. The SMILES string of the molecule is COc1ccc2c(c1)c(CCC(=O)O)cn2S(=O)c1ccc(C)cc1. The molecule has 0 radical (unpaired) electrons. The number of fused-ring (bicyclic) bond motifs is 1. The first-order valence-electron chi connectivity index (χ1n) is 7.88. The lowest BCUT2D eigenvalue weighted by atomic mass is 10.1. The highest BCUT2D eigenvalue weighted by atomic mass is 32.2. The van der Waals surface area contributed by atoms with Crippen molar-refractivity contribution in [2.75, 3.05) is 7.11 Å². The maximum Gasteiger partial charge on any atom is 0.303 e. The lowest BCUT2D eigenvalue weighted by Crippen LogP contribution is -2.03. The molecular weight excluding hydrogens is 338 g/mol. The molecule has 0 amide bonds. The molecule has 0 saturated heterocycles. The maximum absolute atomic E-state index is 13.0. The number of ether oxygens (including phenoxy) is 1. The van der Waals surface area contributed by atoms with Crippen molar-refractivity contribution in [3.63, 3.8) is 0 Å². The fourth-order valence-corrected chi connectivity index (χ4v) is 3.88. The van der Waals surface area contributed by atoms with Gasteiger partial charge in [0.25, 0.3) is 0 Å². The molecular formula is C19H19NO4S. The van der Waals surface area contributed by atoms with Crippen LogP contribution in [0.15, 0.2) is 53.6 Å². The Kier molecular flexibility index (Phi) is 4.90. The molecule has 5 nitrogen and oxygen atoms in total. The summed E-state index contributed by atoms with van der Waals surface area (Å²) in [6.07, 6.45) is 2.17. The number of hydrogen-bond acceptors (Lipinski definition) is 3. The second kappa shape index (κ2) is 7.11. The molecule has 130 valence electrons. The minimum atomic E-state index is -1.40. The number of hydrogen-bond donors (Lipinski definition) is 1. The highest BCUT2D eigenvalue weighted by Crippen LogP contribution is 2.29. The summed E-state index contributed by atoms with van der Waals surface area (Å²) < 4.78 is 20.0. The van der Waals surface area contributed by atoms with Crippen LogP contribution >= 0.6 is 0 Å². The zero-order chi connectivity index (χ0) is 18.0. The van der Waals surface area contributed by atoms with Crippen molar-refractivity contribution >= 4 is 27.9 Å². The van der Waals surface area contributed by atoms with E-state index < -0.39 is 17.0 Å². The summed E-state index contributed by atoms with van der Waals surface area (Å²) in [5, 5.41) is 9.84. The van der Waals surface area contributed by atoms with Crippen molar-refractivity contribution in [2.24, 2.45) is 0 Å². The summed E-state index contributed by atoms with van der Waals surface area (Å²) >= 11 is 0. The highest BCUT2D eigenvalue weighted by molar-refractivity contribution is 7.83. The third kappa shape index (κ3) is 3.58. The number of aromatic nitrogens is 1. The number of aryl methyl sites for hydroxylation is 2. The van der Waals surface area contributed by atoms with Crippen molar-refractivity contribution in [3.8, 4) is 5.75 Å². The van der Waals surface area contributed by atoms with E-state index in [2.05, 4.69) is 0 Å². The van der Waals surface area contributed by atoms with Crippen LogP contribution in [0.25, 0.3) is 10.9 Å². The number of rotatable bonds is 6. The van der Waals surface area contributed by atoms with Crippen molar-refractivity contribution < 1.29 is 18.8 Å². The number of carboxylic acids is 1. The zero-order valence-corrected chi connectivity index (χ0v) is 14.9. The molecule has 3 rings (SSSR count). The molecule has 0 aliphatic carbocycles. The van der Waals surface area contributed by atoms with Crippen LogP contribution in [0.5, 0.6) is 5.75 Å². The zero-order valence-electron chi connectivity index (χ0n) is 14.1. The van der Waals surface area contributed by atoms with Gasteiger partial charge >= 0.3 is 5.97 Å². The quantitative estimate of drug-likeness (QED) is 0.732. The van der Waals surface area contributed by atoms with Crippen LogP contribution in [0.2, 0.25) is 0 Å². The van der Waals surface area contributed by atoms with Gasteiger partial charge in [0, 0.05) is 18.0 Å². The van der Waals surface area contributed by atoms with Crippen LogP contribution in [0.3, 0.4) is 0 Å². The molecule has 0 aliphatic rings. The van der Waals surface area contributed by atoms with Crippen molar-refractivity contribution in [1.82, 2.24) is 3.97 Å². The third-order valence-electron chi connectivity index (χ3n) is 4.07. The van der Waals surface area contributed by atoms with Crippen LogP contribution in [0, 0.1) is 6.92 Å². The average molecular weight is 357 g/mol. The Morgan fingerprint density at radius 3 is 2.56 bits per heavy atom. The molecule has 2 aromatic carbocycles. The normalized spacial score (nSPS) is 12.2. The standard InChI is InChI=1S/C19H19NO4S/c1-13-3-7-16(8-4-13)25(23)20-12-14(5-10-19(21)22)17-11-15(24-2)6-9-18(17)20/h3-4,6-9,11-12H,5,10H2,1-2H3,(H,21,22). The van der Waals surface area contributed by atoms with E-state index in [1.54, 1.807) is 17.3 Å². The van der Waals surface area contributed by atoms with Gasteiger partial charge in [0.1, 0.15) is 5.75 Å². The molecule has 1 atom stereocenters. The van der Waals surface area contributed by atoms with Gasteiger partial charge in [-0.15, -0.1) is 0 Å². The van der Waals surface area contributed by atoms with Crippen molar-refractivity contribution in [2.45, 2.75) is 24.7 Å². The number of nitrogens with zero attached hydrogens (tertiary/aromatic N) is 1. The van der Waals surface area contributed by atoms with Gasteiger partial charge in [0.05, 0.1) is 17.5 Å². The molecule has 1 unspecified atom stereocenters. The van der Waals surface area contributed by atoms with Crippen molar-refractivity contribution in [3.05, 3.63) is 59.8 Å². The van der Waals surface area contributed by atoms with Gasteiger partial charge in [-0.2, -0.15) is 0 Å². The molecule has 0 fully saturated rings. The van der Waals surface area contributed by atoms with Crippen LogP contribution in [-0.2, 0) is 22.2 Å². The Labute approximate surface area is 148 Å². The van der Waals surface area contributed by atoms with Crippen molar-refractivity contribution in [1.29, 1.82) is 0 Å². The topological polar surface area (TPSA) is 68.5 Å². The Balaban J connectivity index is 2.09. The summed E-state index contributed by atoms with van der Waals surface area (Å²) in [4.78, 5) is 11.6. The van der Waals surface area contributed by atoms with E-state index in [0.717, 1.165) is 22.0 Å². The summed E-state index contributed by atoms with van der Waals surface area (Å²) in [5.74, 6) is -0.175. The van der Waals surface area contributed by atoms with Gasteiger partial charge in [-0.3, -0.25) is 8.77 Å². The van der Waals surface area contributed by atoms with Gasteiger partial charge in [0.15, 0.2) is 11.0 Å². The minimum Gasteiger partial charge on any atom is -0.497 e. The monoisotopic (exact) mass is 357 g/mol. The Morgan fingerprint density at radius 2 is 1.92 bits per heavy atom. The van der Waals surface area contributed by atoms with Crippen LogP contribution in [-0.4, -0.2) is 26.4 Å². The van der Waals surface area contributed by atoms with E-state index in [0.29, 0.717) is 17.1 Å². The average Bonchev–Trinajstić information content (AvgIpc) is 2.97. The summed E-state index contributed by atoms with van der Waals surface area (Å²) in [5.41, 5.74) is 2.74. The van der Waals surface area contributed by atoms with Crippen LogP contribution in [0.4, 0.5) is 0 Å². The van der Waals surface area contributed by atoms with E-state index in [1.807, 2.05) is 49.4 Å². The molecule has 0 aliphatic heterocycles. The number of carboxylic acid groups (broad SMARTS) is 1. The highest BCUT2D eigenvalue weighted by Gasteiger charge is 2.15. The van der Waals surface area contributed by atoms with E-state index in [1.165, 1.54) is 0 Å². The number of methoxy groups -OCH3 is 1. The molecule has 0 saturated carbocycles. The largest absolute Gasteiger partial charge is 0.497 e. The van der Waals surface area contributed by atoms with Gasteiger partial charge in [-0.05, 0) is 49.2 Å². The molecule has 25 heavy (non-hydrogen) atoms. The second-order valence-corrected chi connectivity index (χ2v) is 7.18. The third-order valence-corrected chi connectivity index (χ3v) is 5.40. The summed E-state index contributed by atoms with van der Waals surface area (Å²) in [6, 6.07) is 13.1. The fourth-order valence-electron chi connectivity index (χ4n) is 2.72. The molecule has 1 aromatic heterocycles. The minimum absolute atomic E-state index is 0.0213. The first-order valence-corrected chi connectivity index (χ1v) is 8.99. The number of benzene rings is 2. The fraction of sp³-hybridized carbons (Fsp3) is 0.211. The summed E-state index contributed by atoms with van der Waals surface area (Å²) in [6.45, 7) is 1.98. The van der Waals surface area contributed by atoms with Gasteiger partial charge in [0.2, 0.25) is 0 Å². The predicted molar refractivity (Wildman–Crippen MR) is 97.4 cm³/mol. The lowest BCUT2D eigenvalue weighted by molar-refractivity contribution is -0.136. The van der Waals surface area contributed by atoms with Gasteiger partial charge < -0.3 is 9.84 Å². The first kappa shape index (κ1) is 17.2. The lowest BCUT2D eigenvalue weighted by Gasteiger charge is -2.06. The Hall–Kier alpha value is -2.60. The van der Waals surface area contributed by atoms with Gasteiger partial charge in [-0.25, -0.2) is 4.21 Å². The predicted octanol–water partition coefficient (Wildman–Crippen LogP) is 3.55. The van der Waals surface area contributed by atoms with Gasteiger partial charge in [-0.1, -0.05) is 17.7 Å². The molecule has 6 heteroatoms. The van der Waals surface area contributed by atoms with E-state index in [4.69, 9.17) is 9.84 Å². The number of aliphatic carboxylic acids is 1. The van der Waals surface area contributed by atoms with E-state index in [9.17, 15) is 9.00 Å². The molecule has 1 heterocycles. The molecule has 0 bridgehead atoms. The first-order chi connectivity index (χ1) is 12.0. The van der Waals surface area contributed by atoms with E-state index >= 15 is 0 Å². The van der Waals surface area contributed by atoms with E-state index in [-0.39, 0.29) is 6.42 Å². The van der Waals surface area contributed by atoms with Crippen LogP contribution < -0.4 is 4.74 Å². The maximum atomic E-state index is 13.0. The molecule has 0 spiro atoms. The Bertz CT molecular complexity index is 944. The summed E-state index contributed by atoms with van der Waals surface area (Å²) in [7, 11) is 0.180. The molecule has 3 aromatic rings. The second-order valence-electron chi connectivity index (χ2n) is 5.82. The number of carbonyl (C=O) groups is 1.